The summed E-state index contributed by atoms with van der Waals surface area (Å²) in [5.74, 6) is 0.268. The fourth-order valence-corrected chi connectivity index (χ4v) is 3.30. The molecule has 0 aromatic carbocycles. The molecule has 2 unspecified atom stereocenters. The van der Waals surface area contributed by atoms with Crippen LogP contribution in [-0.4, -0.2) is 23.4 Å². The van der Waals surface area contributed by atoms with E-state index in [2.05, 4.69) is 49.8 Å². The lowest BCUT2D eigenvalue weighted by Gasteiger charge is -2.32. The predicted octanol–water partition coefficient (Wildman–Crippen LogP) is 3.78. The molecule has 1 aliphatic rings. The van der Waals surface area contributed by atoms with E-state index in [0.29, 0.717) is 0 Å². The Morgan fingerprint density at radius 2 is 2.15 bits per heavy atom. The fourth-order valence-electron chi connectivity index (χ4n) is 2.62. The van der Waals surface area contributed by atoms with Gasteiger partial charge in [0.1, 0.15) is 6.17 Å². The monoisotopic (exact) mass is 294 g/mol. The molecule has 0 aliphatic carbocycles. The Morgan fingerprint density at radius 1 is 1.40 bits per heavy atom. The molecule has 2 heterocycles. The van der Waals surface area contributed by atoms with Crippen molar-refractivity contribution in [3.05, 3.63) is 22.4 Å². The van der Waals surface area contributed by atoms with E-state index in [1.165, 1.54) is 5.56 Å². The third-order valence-corrected chi connectivity index (χ3v) is 4.95. The van der Waals surface area contributed by atoms with Crippen molar-refractivity contribution < 1.29 is 4.79 Å². The smallest absolute Gasteiger partial charge is 0.241 e. The van der Waals surface area contributed by atoms with Crippen molar-refractivity contribution in [2.75, 3.05) is 6.54 Å². The molecule has 0 bridgehead atoms. The second kappa shape index (κ2) is 6.27. The van der Waals surface area contributed by atoms with Gasteiger partial charge in [-0.05, 0) is 40.6 Å². The van der Waals surface area contributed by atoms with Gasteiger partial charge in [0.25, 0.3) is 0 Å². The molecule has 2 atom stereocenters. The molecule has 1 aromatic heterocycles. The number of hydrogen-bond donors (Lipinski definition) is 1. The van der Waals surface area contributed by atoms with Crippen LogP contribution in [0.3, 0.4) is 0 Å². The van der Waals surface area contributed by atoms with Gasteiger partial charge in [0, 0.05) is 6.54 Å². The molecule has 1 aromatic rings. The van der Waals surface area contributed by atoms with E-state index >= 15 is 0 Å². The van der Waals surface area contributed by atoms with Gasteiger partial charge in [-0.15, -0.1) is 0 Å². The molecule has 4 heteroatoms. The Morgan fingerprint density at radius 3 is 2.70 bits per heavy atom. The summed E-state index contributed by atoms with van der Waals surface area (Å²) in [4.78, 5) is 14.7. The first-order chi connectivity index (χ1) is 9.48. The highest BCUT2D eigenvalue weighted by Gasteiger charge is 2.40. The van der Waals surface area contributed by atoms with Crippen LogP contribution in [0, 0.1) is 5.41 Å². The second-order valence-electron chi connectivity index (χ2n) is 6.45. The average molecular weight is 294 g/mol. The van der Waals surface area contributed by atoms with Crippen molar-refractivity contribution in [3.63, 3.8) is 0 Å². The molecule has 1 saturated heterocycles. The van der Waals surface area contributed by atoms with Crippen LogP contribution in [0.15, 0.2) is 16.8 Å². The van der Waals surface area contributed by atoms with Crippen LogP contribution in [-0.2, 0) is 4.79 Å². The topological polar surface area (TPSA) is 32.3 Å². The van der Waals surface area contributed by atoms with Crippen molar-refractivity contribution in [3.8, 4) is 0 Å². The third kappa shape index (κ3) is 3.23. The zero-order valence-corrected chi connectivity index (χ0v) is 13.8. The number of nitrogens with one attached hydrogen (secondary N) is 1. The van der Waals surface area contributed by atoms with Gasteiger partial charge in [-0.2, -0.15) is 11.3 Å². The van der Waals surface area contributed by atoms with E-state index in [9.17, 15) is 4.79 Å². The van der Waals surface area contributed by atoms with Gasteiger partial charge in [-0.25, -0.2) is 0 Å². The van der Waals surface area contributed by atoms with E-state index in [1.54, 1.807) is 11.3 Å². The van der Waals surface area contributed by atoms with E-state index < -0.39 is 0 Å². The number of rotatable bonds is 6. The summed E-state index contributed by atoms with van der Waals surface area (Å²) < 4.78 is 0. The van der Waals surface area contributed by atoms with Crippen LogP contribution >= 0.6 is 11.3 Å². The number of hydrogen-bond acceptors (Lipinski definition) is 3. The van der Waals surface area contributed by atoms with E-state index in [4.69, 9.17) is 0 Å². The number of carbonyl (C=O) groups is 1. The lowest BCUT2D eigenvalue weighted by molar-refractivity contribution is -0.131. The predicted molar refractivity (Wildman–Crippen MR) is 84.7 cm³/mol. The first-order valence-corrected chi connectivity index (χ1v) is 8.51. The van der Waals surface area contributed by atoms with E-state index in [-0.39, 0.29) is 23.5 Å². The van der Waals surface area contributed by atoms with Crippen LogP contribution in [0.25, 0.3) is 0 Å². The number of amides is 1. The van der Waals surface area contributed by atoms with Gasteiger partial charge in [0.05, 0.1) is 6.04 Å². The highest BCUT2D eigenvalue weighted by Crippen LogP contribution is 2.32. The molecule has 1 N–H and O–H groups in total. The summed E-state index contributed by atoms with van der Waals surface area (Å²) >= 11 is 1.69. The van der Waals surface area contributed by atoms with Crippen LogP contribution in [0.1, 0.15) is 58.7 Å². The van der Waals surface area contributed by atoms with E-state index in [0.717, 1.165) is 25.8 Å². The van der Waals surface area contributed by atoms with Gasteiger partial charge < -0.3 is 4.90 Å². The molecule has 112 valence electrons. The first-order valence-electron chi connectivity index (χ1n) is 7.57. The lowest BCUT2D eigenvalue weighted by atomic mass is 9.89. The molecular formula is C16H26N2OS. The SMILES string of the molecule is CCCC1NC(c2ccsc2)N(CC(C)(C)CC)C1=O. The number of nitrogens with zero attached hydrogens (tertiary/aromatic N) is 1. The largest absolute Gasteiger partial charge is 0.321 e. The summed E-state index contributed by atoms with van der Waals surface area (Å²) in [5.41, 5.74) is 1.38. The van der Waals surface area contributed by atoms with Crippen LogP contribution in [0.2, 0.25) is 0 Å². The Hall–Kier alpha value is -0.870. The fraction of sp³-hybridized carbons (Fsp3) is 0.688. The normalized spacial score (nSPS) is 23.6. The molecule has 0 spiro atoms. The molecule has 2 rings (SSSR count). The van der Waals surface area contributed by atoms with Crippen LogP contribution < -0.4 is 5.32 Å². The van der Waals surface area contributed by atoms with Crippen molar-refractivity contribution in [2.24, 2.45) is 5.41 Å². The third-order valence-electron chi connectivity index (χ3n) is 4.24. The van der Waals surface area contributed by atoms with Crippen molar-refractivity contribution in [1.82, 2.24) is 10.2 Å². The zero-order chi connectivity index (χ0) is 14.8. The molecular weight excluding hydrogens is 268 g/mol. The van der Waals surface area contributed by atoms with Gasteiger partial charge in [0.15, 0.2) is 0 Å². The maximum absolute atomic E-state index is 12.7. The number of carbonyl (C=O) groups excluding carboxylic acids is 1. The highest BCUT2D eigenvalue weighted by atomic mass is 32.1. The average Bonchev–Trinajstić information content (AvgIpc) is 3.02. The lowest BCUT2D eigenvalue weighted by Crippen LogP contribution is -2.38. The summed E-state index contributed by atoms with van der Waals surface area (Å²) in [7, 11) is 0. The minimum absolute atomic E-state index is 0.0162. The zero-order valence-electron chi connectivity index (χ0n) is 13.0. The second-order valence-corrected chi connectivity index (χ2v) is 7.23. The van der Waals surface area contributed by atoms with Crippen molar-refractivity contribution in [1.29, 1.82) is 0 Å². The summed E-state index contributed by atoms with van der Waals surface area (Å²) in [6.45, 7) is 9.61. The van der Waals surface area contributed by atoms with Crippen LogP contribution in [0.4, 0.5) is 0 Å². The molecule has 3 nitrogen and oxygen atoms in total. The highest BCUT2D eigenvalue weighted by molar-refractivity contribution is 7.07. The summed E-state index contributed by atoms with van der Waals surface area (Å²) in [6, 6.07) is 2.10. The van der Waals surface area contributed by atoms with Gasteiger partial charge in [0.2, 0.25) is 5.91 Å². The Labute approximate surface area is 126 Å². The van der Waals surface area contributed by atoms with Gasteiger partial charge in [-0.1, -0.05) is 34.1 Å². The Bertz CT molecular complexity index is 441. The summed E-state index contributed by atoms with van der Waals surface area (Å²) in [6.07, 6.45) is 3.08. The minimum Gasteiger partial charge on any atom is -0.321 e. The van der Waals surface area contributed by atoms with Gasteiger partial charge >= 0.3 is 0 Å². The Kier molecular flexibility index (Phi) is 4.86. The molecule has 1 aliphatic heterocycles. The molecule has 0 saturated carbocycles. The molecule has 1 amide bonds. The first kappa shape index (κ1) is 15.5. The van der Waals surface area contributed by atoms with Gasteiger partial charge in [-0.3, -0.25) is 10.1 Å². The summed E-state index contributed by atoms with van der Waals surface area (Å²) in [5, 5.41) is 7.75. The molecule has 20 heavy (non-hydrogen) atoms. The van der Waals surface area contributed by atoms with E-state index in [1.807, 2.05) is 4.90 Å². The number of thiophene rings is 1. The maximum atomic E-state index is 12.7. The van der Waals surface area contributed by atoms with Crippen LogP contribution in [0.5, 0.6) is 0 Å². The minimum atomic E-state index is -0.0162. The standard InChI is InChI=1S/C16H26N2OS/c1-5-7-13-15(19)18(11-16(3,4)6-2)14(17-13)12-8-9-20-10-12/h8-10,13-14,17H,5-7,11H2,1-4H3. The Balaban J connectivity index is 2.21. The van der Waals surface area contributed by atoms with Crippen molar-refractivity contribution >= 4 is 17.2 Å². The maximum Gasteiger partial charge on any atom is 0.241 e. The molecule has 1 fully saturated rings. The molecule has 0 radical (unpaired) electrons. The van der Waals surface area contributed by atoms with Crippen molar-refractivity contribution in [2.45, 2.75) is 59.2 Å². The quantitative estimate of drug-likeness (QED) is 0.866.